The van der Waals surface area contributed by atoms with Crippen LogP contribution in [0.1, 0.15) is 17.6 Å². The SMILES string of the molecule is Cn1c(SCc2coc(-c3cccs3)n2)nnc1C1COc2ccccc2O1. The van der Waals surface area contributed by atoms with E-state index in [1.807, 2.05) is 53.4 Å². The van der Waals surface area contributed by atoms with Crippen LogP contribution in [0.5, 0.6) is 11.5 Å². The van der Waals surface area contributed by atoms with Gasteiger partial charge in [0, 0.05) is 12.8 Å². The monoisotopic (exact) mass is 412 g/mol. The number of nitrogens with zero attached hydrogens (tertiary/aromatic N) is 4. The molecule has 5 rings (SSSR count). The molecule has 1 unspecified atom stereocenters. The molecule has 0 bridgehead atoms. The molecule has 142 valence electrons. The van der Waals surface area contributed by atoms with E-state index < -0.39 is 0 Å². The molecule has 1 aliphatic heterocycles. The molecule has 1 aliphatic rings. The molecule has 4 aromatic rings. The minimum absolute atomic E-state index is 0.292. The van der Waals surface area contributed by atoms with Crippen LogP contribution < -0.4 is 9.47 Å². The van der Waals surface area contributed by atoms with Crippen LogP contribution in [0.2, 0.25) is 0 Å². The van der Waals surface area contributed by atoms with E-state index in [0.29, 0.717) is 18.3 Å². The van der Waals surface area contributed by atoms with Crippen LogP contribution in [0.4, 0.5) is 0 Å². The van der Waals surface area contributed by atoms with Crippen LogP contribution in [0.25, 0.3) is 10.8 Å². The highest BCUT2D eigenvalue weighted by Gasteiger charge is 2.27. The predicted molar refractivity (Wildman–Crippen MR) is 106 cm³/mol. The van der Waals surface area contributed by atoms with E-state index in [9.17, 15) is 0 Å². The standard InChI is InChI=1S/C19H16N4O3S2/c1-23-17(15-10-24-13-5-2-3-6-14(13)26-15)21-22-19(23)28-11-12-9-25-18(20-12)16-7-4-8-27-16/h2-9,15H,10-11H2,1H3. The molecule has 0 spiro atoms. The van der Waals surface area contributed by atoms with Gasteiger partial charge in [0.2, 0.25) is 5.89 Å². The molecule has 0 fully saturated rings. The number of thioether (sulfide) groups is 1. The number of rotatable bonds is 5. The summed E-state index contributed by atoms with van der Waals surface area (Å²) in [6.07, 6.45) is 1.40. The molecule has 0 radical (unpaired) electrons. The van der Waals surface area contributed by atoms with Crippen molar-refractivity contribution in [1.82, 2.24) is 19.7 Å². The Hall–Kier alpha value is -2.78. The minimum Gasteiger partial charge on any atom is -0.485 e. The van der Waals surface area contributed by atoms with Crippen molar-refractivity contribution >= 4 is 23.1 Å². The number of aromatic nitrogens is 4. The van der Waals surface area contributed by atoms with Crippen LogP contribution >= 0.6 is 23.1 Å². The third-order valence-electron chi connectivity index (χ3n) is 4.30. The lowest BCUT2D eigenvalue weighted by Gasteiger charge is -2.25. The summed E-state index contributed by atoms with van der Waals surface area (Å²) >= 11 is 3.16. The molecule has 28 heavy (non-hydrogen) atoms. The van der Waals surface area contributed by atoms with Crippen LogP contribution in [-0.4, -0.2) is 26.4 Å². The second kappa shape index (κ2) is 7.33. The molecule has 1 aromatic carbocycles. The Labute approximate surface area is 169 Å². The van der Waals surface area contributed by atoms with Crippen molar-refractivity contribution < 1.29 is 13.9 Å². The molecule has 0 aliphatic carbocycles. The van der Waals surface area contributed by atoms with Gasteiger partial charge in [0.1, 0.15) is 12.9 Å². The first-order valence-corrected chi connectivity index (χ1v) is 10.5. The quantitative estimate of drug-likeness (QED) is 0.452. The van der Waals surface area contributed by atoms with Crippen molar-refractivity contribution in [2.75, 3.05) is 6.61 Å². The first kappa shape index (κ1) is 17.3. The van der Waals surface area contributed by atoms with Crippen LogP contribution in [0, 0.1) is 0 Å². The van der Waals surface area contributed by atoms with Gasteiger partial charge in [-0.3, -0.25) is 0 Å². The topological polar surface area (TPSA) is 75.2 Å². The molecule has 0 N–H and O–H groups in total. The van der Waals surface area contributed by atoms with Crippen LogP contribution in [-0.2, 0) is 12.8 Å². The molecule has 7 nitrogen and oxygen atoms in total. The average Bonchev–Trinajstić information content (AvgIpc) is 3.47. The summed E-state index contributed by atoms with van der Waals surface area (Å²) in [5.41, 5.74) is 0.865. The molecule has 0 amide bonds. The van der Waals surface area contributed by atoms with Crippen LogP contribution in [0.15, 0.2) is 57.6 Å². The summed E-state index contributed by atoms with van der Waals surface area (Å²) in [6.45, 7) is 0.404. The van der Waals surface area contributed by atoms with E-state index in [-0.39, 0.29) is 6.10 Å². The summed E-state index contributed by atoms with van der Waals surface area (Å²) in [5, 5.41) is 11.4. The number of ether oxygens (including phenoxy) is 2. The highest BCUT2D eigenvalue weighted by molar-refractivity contribution is 7.98. The fourth-order valence-corrected chi connectivity index (χ4v) is 4.35. The third kappa shape index (κ3) is 3.27. The maximum Gasteiger partial charge on any atom is 0.236 e. The zero-order chi connectivity index (χ0) is 18.9. The van der Waals surface area contributed by atoms with E-state index in [2.05, 4.69) is 15.2 Å². The second-order valence-electron chi connectivity index (χ2n) is 6.17. The molecular formula is C19H16N4O3S2. The molecule has 0 saturated heterocycles. The van der Waals surface area contributed by atoms with E-state index >= 15 is 0 Å². The number of benzene rings is 1. The molecule has 4 heterocycles. The first-order chi connectivity index (χ1) is 13.8. The lowest BCUT2D eigenvalue weighted by molar-refractivity contribution is 0.0825. The van der Waals surface area contributed by atoms with Crippen LogP contribution in [0.3, 0.4) is 0 Å². The Kier molecular flexibility index (Phi) is 4.53. The summed E-state index contributed by atoms with van der Waals surface area (Å²) < 4.78 is 19.3. The Balaban J connectivity index is 1.27. The fourth-order valence-electron chi connectivity index (χ4n) is 2.90. The Morgan fingerprint density at radius 1 is 1.18 bits per heavy atom. The predicted octanol–water partition coefficient (Wildman–Crippen LogP) is 4.34. The maximum atomic E-state index is 6.04. The largest absolute Gasteiger partial charge is 0.485 e. The number of oxazole rings is 1. The van der Waals surface area contributed by atoms with Gasteiger partial charge in [0.25, 0.3) is 0 Å². The molecule has 0 saturated carbocycles. The summed E-state index contributed by atoms with van der Waals surface area (Å²) in [5.74, 6) is 3.50. The summed E-state index contributed by atoms with van der Waals surface area (Å²) in [6, 6.07) is 11.6. The van der Waals surface area contributed by atoms with Crippen molar-refractivity contribution in [2.24, 2.45) is 7.05 Å². The first-order valence-electron chi connectivity index (χ1n) is 8.67. The molecular weight excluding hydrogens is 396 g/mol. The van der Waals surface area contributed by atoms with Gasteiger partial charge in [-0.1, -0.05) is 30.0 Å². The van der Waals surface area contributed by atoms with E-state index in [1.165, 1.54) is 0 Å². The van der Waals surface area contributed by atoms with Crippen molar-refractivity contribution in [3.8, 4) is 22.3 Å². The molecule has 3 aromatic heterocycles. The van der Waals surface area contributed by atoms with Gasteiger partial charge in [0.15, 0.2) is 28.6 Å². The van der Waals surface area contributed by atoms with Crippen molar-refractivity contribution in [3.05, 3.63) is 59.6 Å². The lowest BCUT2D eigenvalue weighted by Crippen LogP contribution is -2.24. The number of thiophene rings is 1. The Morgan fingerprint density at radius 2 is 2.07 bits per heavy atom. The lowest BCUT2D eigenvalue weighted by atomic mass is 10.2. The average molecular weight is 412 g/mol. The van der Waals surface area contributed by atoms with Gasteiger partial charge in [-0.2, -0.15) is 0 Å². The van der Waals surface area contributed by atoms with Crippen molar-refractivity contribution in [1.29, 1.82) is 0 Å². The van der Waals surface area contributed by atoms with Gasteiger partial charge < -0.3 is 18.5 Å². The van der Waals surface area contributed by atoms with Gasteiger partial charge in [-0.25, -0.2) is 4.98 Å². The van der Waals surface area contributed by atoms with Gasteiger partial charge in [0.05, 0.1) is 10.6 Å². The normalized spacial score (nSPS) is 15.7. The van der Waals surface area contributed by atoms with E-state index in [0.717, 1.165) is 33.1 Å². The van der Waals surface area contributed by atoms with E-state index in [4.69, 9.17) is 13.9 Å². The molecule has 9 heteroatoms. The van der Waals surface area contributed by atoms with Crippen molar-refractivity contribution in [3.63, 3.8) is 0 Å². The van der Waals surface area contributed by atoms with E-state index in [1.54, 1.807) is 29.4 Å². The fraction of sp³-hybridized carbons (Fsp3) is 0.211. The van der Waals surface area contributed by atoms with Crippen molar-refractivity contribution in [2.45, 2.75) is 17.0 Å². The smallest absolute Gasteiger partial charge is 0.236 e. The van der Waals surface area contributed by atoms with Gasteiger partial charge in [-0.15, -0.1) is 21.5 Å². The minimum atomic E-state index is -0.292. The zero-order valence-corrected chi connectivity index (χ0v) is 16.6. The summed E-state index contributed by atoms with van der Waals surface area (Å²) in [4.78, 5) is 5.56. The van der Waals surface area contributed by atoms with Gasteiger partial charge in [-0.05, 0) is 23.6 Å². The maximum absolute atomic E-state index is 6.04. The highest BCUT2D eigenvalue weighted by atomic mass is 32.2. The highest BCUT2D eigenvalue weighted by Crippen LogP contribution is 2.36. The molecule has 1 atom stereocenters. The number of para-hydroxylation sites is 2. The van der Waals surface area contributed by atoms with Gasteiger partial charge >= 0.3 is 0 Å². The zero-order valence-electron chi connectivity index (χ0n) is 14.9. The number of hydrogen-bond donors (Lipinski definition) is 0. The summed E-state index contributed by atoms with van der Waals surface area (Å²) in [7, 11) is 1.93. The number of fused-ring (bicyclic) bond motifs is 1. The third-order valence-corrected chi connectivity index (χ3v) is 6.21. The number of hydrogen-bond acceptors (Lipinski definition) is 8. The second-order valence-corrected chi connectivity index (χ2v) is 8.06. The Bertz CT molecular complexity index is 1090. The Morgan fingerprint density at radius 3 is 2.93 bits per heavy atom.